The van der Waals surface area contributed by atoms with Gasteiger partial charge < -0.3 is 15.6 Å². The molecule has 10 heteroatoms. The van der Waals surface area contributed by atoms with E-state index in [1.165, 1.54) is 24.4 Å². The van der Waals surface area contributed by atoms with Crippen molar-refractivity contribution < 1.29 is 27.4 Å². The van der Waals surface area contributed by atoms with Crippen LogP contribution in [0.2, 0.25) is 0 Å². The van der Waals surface area contributed by atoms with Crippen LogP contribution in [0.5, 0.6) is 11.5 Å². The van der Waals surface area contributed by atoms with E-state index in [2.05, 4.69) is 5.73 Å². The second kappa shape index (κ2) is 9.31. The number of aliphatic hydroxyl groups is 1. The van der Waals surface area contributed by atoms with Gasteiger partial charge in [-0.3, -0.25) is 0 Å². The summed E-state index contributed by atoms with van der Waals surface area (Å²) in [6.45, 7) is 0. The molecule has 0 fully saturated rings. The Hall–Kier alpha value is -2.95. The summed E-state index contributed by atoms with van der Waals surface area (Å²) in [7, 11) is 0. The third kappa shape index (κ3) is 4.85. The molecule has 0 radical (unpaired) electrons. The number of alkyl halides is 3. The average Bonchev–Trinajstić information content (AvgIpc) is 2.92. The van der Waals surface area contributed by atoms with Gasteiger partial charge in [0.05, 0.1) is 11.6 Å². The van der Waals surface area contributed by atoms with Crippen LogP contribution in [0.25, 0.3) is 0 Å². The number of hydrogen-bond acceptors (Lipinski definition) is 6. The van der Waals surface area contributed by atoms with Crippen molar-refractivity contribution in [2.75, 3.05) is 0 Å². The molecule has 2 aromatic carbocycles. The number of fused-ring (bicyclic) bond motifs is 1. The molecule has 3 N–H and O–H groups in total. The number of benzene rings is 2. The van der Waals surface area contributed by atoms with E-state index in [0.717, 1.165) is 12.1 Å². The number of halogens is 4. The molecule has 0 saturated heterocycles. The molecule has 0 amide bonds. The summed E-state index contributed by atoms with van der Waals surface area (Å²) in [5, 5.41) is 25.9. The van der Waals surface area contributed by atoms with E-state index in [1.54, 1.807) is 6.07 Å². The number of thioether (sulfide) groups is 1. The van der Waals surface area contributed by atoms with Crippen molar-refractivity contribution in [1.29, 1.82) is 10.5 Å². The van der Waals surface area contributed by atoms with Gasteiger partial charge in [-0.05, 0) is 24.3 Å². The summed E-state index contributed by atoms with van der Waals surface area (Å²) >= 11 is 0.214. The van der Waals surface area contributed by atoms with E-state index in [-0.39, 0.29) is 51.3 Å². The molecule has 2 unspecified atom stereocenters. The highest BCUT2D eigenvalue weighted by Crippen LogP contribution is 2.46. The number of nitrogens with two attached hydrogens (primary N) is 1. The molecule has 0 spiro atoms. The SMILES string of the molecule is N#CN.N#Cc1cc(F)cc(Oc2ccc(SC(F)F)c3c2CC(F)C3O)c1. The molecular weight excluding hydrogens is 398 g/mol. The molecule has 2 atom stereocenters. The zero-order valence-corrected chi connectivity index (χ0v) is 14.9. The van der Waals surface area contributed by atoms with Gasteiger partial charge in [0.25, 0.3) is 5.76 Å². The Morgan fingerprint density at radius 2 is 1.93 bits per heavy atom. The van der Waals surface area contributed by atoms with E-state index < -0.39 is 23.9 Å². The average molecular weight is 411 g/mol. The second-order valence-corrected chi connectivity index (χ2v) is 6.55. The van der Waals surface area contributed by atoms with E-state index in [9.17, 15) is 22.7 Å². The minimum Gasteiger partial charge on any atom is -0.457 e. The number of ether oxygens (including phenoxy) is 1. The van der Waals surface area contributed by atoms with Crippen molar-refractivity contribution >= 4 is 11.8 Å². The highest BCUT2D eigenvalue weighted by atomic mass is 32.2. The summed E-state index contributed by atoms with van der Waals surface area (Å²) in [6, 6.07) is 7.83. The lowest BCUT2D eigenvalue weighted by molar-refractivity contribution is 0.0908. The van der Waals surface area contributed by atoms with E-state index >= 15 is 0 Å². The van der Waals surface area contributed by atoms with Crippen LogP contribution < -0.4 is 10.5 Å². The van der Waals surface area contributed by atoms with Crippen molar-refractivity contribution in [2.45, 2.75) is 29.3 Å². The van der Waals surface area contributed by atoms with Crippen LogP contribution >= 0.6 is 11.8 Å². The van der Waals surface area contributed by atoms with Crippen molar-refractivity contribution in [1.82, 2.24) is 0 Å². The van der Waals surface area contributed by atoms with Crippen LogP contribution in [-0.2, 0) is 6.42 Å². The quantitative estimate of drug-likeness (QED) is 0.339. The Bertz CT molecular complexity index is 944. The summed E-state index contributed by atoms with van der Waals surface area (Å²) < 4.78 is 58.3. The Morgan fingerprint density at radius 3 is 2.54 bits per heavy atom. The lowest BCUT2D eigenvalue weighted by Crippen LogP contribution is -2.07. The van der Waals surface area contributed by atoms with E-state index in [1.807, 2.05) is 0 Å². The van der Waals surface area contributed by atoms with Crippen LogP contribution in [0.15, 0.2) is 35.2 Å². The molecule has 146 valence electrons. The molecule has 0 heterocycles. The largest absolute Gasteiger partial charge is 0.457 e. The highest BCUT2D eigenvalue weighted by molar-refractivity contribution is 7.99. The fourth-order valence-electron chi connectivity index (χ4n) is 2.75. The van der Waals surface area contributed by atoms with Gasteiger partial charge in [0.15, 0.2) is 6.19 Å². The maximum atomic E-state index is 13.9. The summed E-state index contributed by atoms with van der Waals surface area (Å²) in [5.74, 6) is -3.26. The van der Waals surface area contributed by atoms with E-state index in [0.29, 0.717) is 0 Å². The summed E-state index contributed by atoms with van der Waals surface area (Å²) in [4.78, 5) is 0.0713. The smallest absolute Gasteiger partial charge is 0.288 e. The van der Waals surface area contributed by atoms with Gasteiger partial charge >= 0.3 is 0 Å². The minimum atomic E-state index is -2.72. The number of rotatable bonds is 4. The molecule has 3 rings (SSSR count). The Labute approximate surface area is 161 Å². The lowest BCUT2D eigenvalue weighted by atomic mass is 10.1. The van der Waals surface area contributed by atoms with Crippen molar-refractivity contribution in [3.63, 3.8) is 0 Å². The first kappa shape index (κ1) is 21.4. The molecule has 0 aliphatic heterocycles. The van der Waals surface area contributed by atoms with Gasteiger partial charge in [0, 0.05) is 28.5 Å². The molecular formula is C18H13F4N3O2S. The monoisotopic (exact) mass is 411 g/mol. The molecule has 1 aliphatic rings. The van der Waals surface area contributed by atoms with Crippen LogP contribution in [0.4, 0.5) is 17.6 Å². The minimum absolute atomic E-state index is 0.0183. The molecule has 0 aromatic heterocycles. The number of aliphatic hydroxyl groups excluding tert-OH is 1. The van der Waals surface area contributed by atoms with Gasteiger partial charge in [0.2, 0.25) is 0 Å². The van der Waals surface area contributed by atoms with Gasteiger partial charge in [-0.25, -0.2) is 8.78 Å². The molecule has 5 nitrogen and oxygen atoms in total. The van der Waals surface area contributed by atoms with Crippen LogP contribution in [-0.4, -0.2) is 17.0 Å². The first-order valence-corrected chi connectivity index (χ1v) is 8.59. The van der Waals surface area contributed by atoms with Crippen LogP contribution in [0, 0.1) is 28.6 Å². The normalized spacial score (nSPS) is 17.1. The fourth-order valence-corrected chi connectivity index (χ4v) is 3.46. The fraction of sp³-hybridized carbons (Fsp3) is 0.222. The third-order valence-corrected chi connectivity index (χ3v) is 4.54. The van der Waals surface area contributed by atoms with Crippen molar-refractivity contribution in [3.8, 4) is 23.8 Å². The Kier molecular flexibility index (Phi) is 7.10. The van der Waals surface area contributed by atoms with Crippen LogP contribution in [0.1, 0.15) is 22.8 Å². The van der Waals surface area contributed by atoms with Crippen LogP contribution in [0.3, 0.4) is 0 Å². The van der Waals surface area contributed by atoms with Gasteiger partial charge in [-0.15, -0.1) is 0 Å². The zero-order chi connectivity index (χ0) is 20.8. The lowest BCUT2D eigenvalue weighted by Gasteiger charge is -2.15. The van der Waals surface area contributed by atoms with Gasteiger partial charge in [-0.2, -0.15) is 19.3 Å². The number of nitriles is 2. The third-order valence-electron chi connectivity index (χ3n) is 3.76. The zero-order valence-electron chi connectivity index (χ0n) is 14.1. The molecule has 0 bridgehead atoms. The van der Waals surface area contributed by atoms with Crippen molar-refractivity contribution in [3.05, 3.63) is 52.8 Å². The predicted molar refractivity (Wildman–Crippen MR) is 92.9 cm³/mol. The standard InChI is InChI=1S/C17H11F4NO2S.CH2N2/c18-9-3-8(7-22)4-10(5-9)24-13-1-2-14(25-17(20)21)15-11(13)6-12(19)16(15)23;2-1-3/h1-5,12,16-17,23H,6H2;2H2. The first-order valence-electron chi connectivity index (χ1n) is 7.71. The molecule has 0 saturated carbocycles. The van der Waals surface area contributed by atoms with Crippen molar-refractivity contribution in [2.24, 2.45) is 5.73 Å². The summed E-state index contributed by atoms with van der Waals surface area (Å²) in [6.07, 6.45) is -2.12. The Balaban J connectivity index is 0.000000878. The van der Waals surface area contributed by atoms with E-state index in [4.69, 9.17) is 15.3 Å². The maximum Gasteiger partial charge on any atom is 0.288 e. The predicted octanol–water partition coefficient (Wildman–Crippen LogP) is 4.16. The maximum absolute atomic E-state index is 13.9. The van der Waals surface area contributed by atoms with Gasteiger partial charge in [-0.1, -0.05) is 11.8 Å². The second-order valence-electron chi connectivity index (χ2n) is 5.52. The van der Waals surface area contributed by atoms with Gasteiger partial charge in [0.1, 0.15) is 29.6 Å². The Morgan fingerprint density at radius 1 is 1.25 bits per heavy atom. The molecule has 28 heavy (non-hydrogen) atoms. The molecule has 2 aromatic rings. The summed E-state index contributed by atoms with van der Waals surface area (Å²) in [5.41, 5.74) is 4.51. The number of hydrogen-bond donors (Lipinski definition) is 2. The topological polar surface area (TPSA) is 103 Å². The first-order chi connectivity index (χ1) is 13.3. The highest BCUT2D eigenvalue weighted by Gasteiger charge is 2.36. The molecule has 1 aliphatic carbocycles. The number of nitrogens with zero attached hydrogens (tertiary/aromatic N) is 2.